The second-order valence-corrected chi connectivity index (χ2v) is 8.18. The molecule has 1 fully saturated rings. The lowest BCUT2D eigenvalue weighted by atomic mass is 10.1. The highest BCUT2D eigenvalue weighted by Crippen LogP contribution is 2.33. The first-order chi connectivity index (χ1) is 15.3. The number of ether oxygens (including phenoxy) is 3. The number of aromatic hydroxyl groups is 1. The molecule has 2 N–H and O–H groups in total. The summed E-state index contributed by atoms with van der Waals surface area (Å²) in [6.07, 6.45) is 0.813. The summed E-state index contributed by atoms with van der Waals surface area (Å²) < 4.78 is 18.2. The number of carbonyl (C=O) groups excluding carboxylic acids is 2. The second kappa shape index (κ2) is 7.56. The summed E-state index contributed by atoms with van der Waals surface area (Å²) in [4.78, 5) is 39.9. The lowest BCUT2D eigenvalue weighted by Gasteiger charge is -2.33. The number of amides is 2. The van der Waals surface area contributed by atoms with Gasteiger partial charge in [0.1, 0.15) is 18.8 Å². The molecule has 168 valence electrons. The number of hydrogen-bond acceptors (Lipinski definition) is 7. The van der Waals surface area contributed by atoms with Crippen molar-refractivity contribution in [3.8, 4) is 17.2 Å². The van der Waals surface area contributed by atoms with Crippen molar-refractivity contribution in [2.45, 2.75) is 39.2 Å². The molecule has 0 bridgehead atoms. The van der Waals surface area contributed by atoms with E-state index in [2.05, 4.69) is 5.32 Å². The Labute approximate surface area is 183 Å². The summed E-state index contributed by atoms with van der Waals surface area (Å²) in [5.74, 6) is -0.601. The average Bonchev–Trinajstić information content (AvgIpc) is 3.15. The lowest BCUT2D eigenvalue weighted by molar-refractivity contribution is 0.00624. The number of rotatable bonds is 3. The fraction of sp³-hybridized carbons (Fsp3) is 0.409. The van der Waals surface area contributed by atoms with Gasteiger partial charge in [-0.3, -0.25) is 14.4 Å². The topological polar surface area (TPSA) is 119 Å². The Hall–Kier alpha value is -3.53. The van der Waals surface area contributed by atoms with Crippen molar-refractivity contribution in [3.63, 3.8) is 0 Å². The predicted molar refractivity (Wildman–Crippen MR) is 111 cm³/mol. The van der Waals surface area contributed by atoms with Gasteiger partial charge in [0.25, 0.3) is 11.8 Å². The zero-order valence-electron chi connectivity index (χ0n) is 17.7. The smallest absolute Gasteiger partial charge is 0.276 e. The number of benzene rings is 1. The molecule has 2 atom stereocenters. The van der Waals surface area contributed by atoms with Crippen LogP contribution in [0.25, 0.3) is 0 Å². The molecule has 2 aromatic rings. The minimum Gasteiger partial charge on any atom is -0.503 e. The Morgan fingerprint density at radius 1 is 1.22 bits per heavy atom. The van der Waals surface area contributed by atoms with Gasteiger partial charge in [-0.1, -0.05) is 0 Å². The van der Waals surface area contributed by atoms with Crippen LogP contribution in [0.15, 0.2) is 23.1 Å². The van der Waals surface area contributed by atoms with E-state index in [-0.39, 0.29) is 30.4 Å². The maximum atomic E-state index is 12.8. The number of fused-ring (bicyclic) bond motifs is 3. The van der Waals surface area contributed by atoms with E-state index in [1.165, 1.54) is 15.7 Å². The zero-order chi connectivity index (χ0) is 22.6. The summed E-state index contributed by atoms with van der Waals surface area (Å²) in [6, 6.07) is 3.48. The molecule has 4 heterocycles. The van der Waals surface area contributed by atoms with Crippen LogP contribution in [0.3, 0.4) is 0 Å². The molecule has 0 unspecified atom stereocenters. The van der Waals surface area contributed by atoms with E-state index in [1.54, 1.807) is 6.07 Å². The number of carbonyl (C=O) groups is 2. The van der Waals surface area contributed by atoms with Crippen LogP contribution in [-0.2, 0) is 17.8 Å². The molecule has 0 spiro atoms. The quantitative estimate of drug-likeness (QED) is 0.722. The number of nitrogens with one attached hydrogen (secondary N) is 1. The van der Waals surface area contributed by atoms with E-state index in [4.69, 9.17) is 14.2 Å². The van der Waals surface area contributed by atoms with Gasteiger partial charge >= 0.3 is 0 Å². The van der Waals surface area contributed by atoms with Gasteiger partial charge in [-0.25, -0.2) is 0 Å². The van der Waals surface area contributed by atoms with Crippen molar-refractivity contribution in [1.82, 2.24) is 14.8 Å². The van der Waals surface area contributed by atoms with Crippen molar-refractivity contribution in [2.75, 3.05) is 19.8 Å². The first kappa shape index (κ1) is 20.4. The third kappa shape index (κ3) is 3.18. The van der Waals surface area contributed by atoms with E-state index in [0.29, 0.717) is 31.3 Å². The molecule has 1 saturated heterocycles. The Balaban J connectivity index is 1.40. The van der Waals surface area contributed by atoms with Gasteiger partial charge in [-0.15, -0.1) is 0 Å². The largest absolute Gasteiger partial charge is 0.503 e. The second-order valence-electron chi connectivity index (χ2n) is 8.18. The maximum absolute atomic E-state index is 12.8. The highest BCUT2D eigenvalue weighted by Gasteiger charge is 2.42. The molecule has 0 saturated carbocycles. The first-order valence-electron chi connectivity index (χ1n) is 10.4. The van der Waals surface area contributed by atoms with Crippen LogP contribution >= 0.6 is 0 Å². The molecule has 5 rings (SSSR count). The molecule has 10 heteroatoms. The van der Waals surface area contributed by atoms with Crippen LogP contribution in [0.5, 0.6) is 17.2 Å². The van der Waals surface area contributed by atoms with E-state index in [0.717, 1.165) is 11.1 Å². The Morgan fingerprint density at radius 3 is 2.69 bits per heavy atom. The molecule has 3 aliphatic heterocycles. The van der Waals surface area contributed by atoms with Crippen LogP contribution in [0, 0.1) is 6.92 Å². The van der Waals surface area contributed by atoms with E-state index in [1.807, 2.05) is 19.9 Å². The van der Waals surface area contributed by atoms with E-state index >= 15 is 0 Å². The lowest BCUT2D eigenvalue weighted by Crippen LogP contribution is -2.49. The monoisotopic (exact) mass is 441 g/mol. The van der Waals surface area contributed by atoms with Crippen molar-refractivity contribution in [3.05, 3.63) is 50.9 Å². The molecular weight excluding hydrogens is 418 g/mol. The number of hydrogen-bond donors (Lipinski definition) is 2. The third-order valence-corrected chi connectivity index (χ3v) is 6.05. The summed E-state index contributed by atoms with van der Waals surface area (Å²) in [5.41, 5.74) is 0.464. The normalized spacial score (nSPS) is 21.2. The summed E-state index contributed by atoms with van der Waals surface area (Å²) >= 11 is 0. The van der Waals surface area contributed by atoms with Crippen molar-refractivity contribution >= 4 is 11.8 Å². The molecule has 10 nitrogen and oxygen atoms in total. The minimum absolute atomic E-state index is 0.122. The van der Waals surface area contributed by atoms with Crippen LogP contribution in [0.4, 0.5) is 0 Å². The zero-order valence-corrected chi connectivity index (χ0v) is 17.7. The van der Waals surface area contributed by atoms with E-state index < -0.39 is 29.2 Å². The van der Waals surface area contributed by atoms with Gasteiger partial charge in [-0.05, 0) is 37.1 Å². The molecule has 3 aliphatic rings. The molecule has 1 aromatic heterocycles. The fourth-order valence-electron chi connectivity index (χ4n) is 4.33. The molecule has 32 heavy (non-hydrogen) atoms. The third-order valence-electron chi connectivity index (χ3n) is 6.05. The van der Waals surface area contributed by atoms with Crippen molar-refractivity contribution < 1.29 is 28.9 Å². The Bertz CT molecular complexity index is 1190. The Kier molecular flexibility index (Phi) is 4.81. The molecule has 0 aliphatic carbocycles. The number of aryl methyl sites for hydroxylation is 1. The first-order valence-corrected chi connectivity index (χ1v) is 10.4. The fourth-order valence-corrected chi connectivity index (χ4v) is 4.33. The summed E-state index contributed by atoms with van der Waals surface area (Å²) in [5, 5.41) is 13.2. The van der Waals surface area contributed by atoms with Crippen LogP contribution in [-0.4, -0.2) is 58.5 Å². The van der Waals surface area contributed by atoms with Crippen LogP contribution in [0.2, 0.25) is 0 Å². The minimum atomic E-state index is -0.882. The maximum Gasteiger partial charge on any atom is 0.276 e. The van der Waals surface area contributed by atoms with Gasteiger partial charge in [0.2, 0.25) is 5.43 Å². The molecule has 0 radical (unpaired) electrons. The number of nitrogens with zero attached hydrogens (tertiary/aromatic N) is 2. The SMILES string of the molecule is Cc1cc2c(cc1CNC(=O)c1cn3c(c(O)c1=O)C(=O)N1[C@@H](C)CO[C@@H]1C3)OCCO2. The van der Waals surface area contributed by atoms with Crippen molar-refractivity contribution in [1.29, 1.82) is 0 Å². The molecule has 2 amide bonds. The van der Waals surface area contributed by atoms with Gasteiger partial charge < -0.3 is 34.1 Å². The molecular formula is C22H23N3O7. The highest BCUT2D eigenvalue weighted by molar-refractivity contribution is 5.99. The standard InChI is InChI=1S/C22H23N3O7/c1-11-5-15-16(31-4-3-30-15)6-13(11)7-23-21(28)14-8-24-9-17-25(12(2)10-32-17)22(29)18(24)20(27)19(14)26/h5-6,8,12,17,27H,3-4,7,9-10H2,1-2H3,(H,23,28)/t12-,17+/m0/s1. The van der Waals surface area contributed by atoms with Crippen LogP contribution < -0.4 is 20.2 Å². The highest BCUT2D eigenvalue weighted by atomic mass is 16.6. The number of pyridine rings is 1. The molecule has 1 aromatic carbocycles. The van der Waals surface area contributed by atoms with Gasteiger partial charge in [0, 0.05) is 12.7 Å². The van der Waals surface area contributed by atoms with Crippen molar-refractivity contribution in [2.24, 2.45) is 0 Å². The Morgan fingerprint density at radius 2 is 1.94 bits per heavy atom. The van der Waals surface area contributed by atoms with E-state index in [9.17, 15) is 19.5 Å². The summed E-state index contributed by atoms with van der Waals surface area (Å²) in [6.45, 7) is 5.41. The summed E-state index contributed by atoms with van der Waals surface area (Å²) in [7, 11) is 0. The van der Waals surface area contributed by atoms with Gasteiger partial charge in [-0.2, -0.15) is 0 Å². The van der Waals surface area contributed by atoms with Gasteiger partial charge in [0.05, 0.1) is 19.2 Å². The van der Waals surface area contributed by atoms with Crippen LogP contribution in [0.1, 0.15) is 38.9 Å². The predicted octanol–water partition coefficient (Wildman–Crippen LogP) is 0.764. The van der Waals surface area contributed by atoms with Gasteiger partial charge in [0.15, 0.2) is 29.2 Å². The number of aromatic nitrogens is 1. The average molecular weight is 441 g/mol.